The average molecular weight is 165 g/mol. The zero-order chi connectivity index (χ0) is 8.39. The Morgan fingerprint density at radius 3 is 2.75 bits per heavy atom. The maximum absolute atomic E-state index is 4.15. The van der Waals surface area contributed by atoms with Crippen LogP contribution in [0.1, 0.15) is 18.4 Å². The van der Waals surface area contributed by atoms with Crippen LogP contribution in [0.5, 0.6) is 0 Å². The highest BCUT2D eigenvalue weighted by atomic mass is 15.2. The van der Waals surface area contributed by atoms with E-state index in [0.29, 0.717) is 0 Å². The largest absolute Gasteiger partial charge is 0.299 e. The van der Waals surface area contributed by atoms with Crippen LogP contribution in [-0.4, -0.2) is 27.8 Å². The normalized spacial score (nSPS) is 18.8. The molecule has 0 atom stereocenters. The van der Waals surface area contributed by atoms with Crippen LogP contribution >= 0.6 is 0 Å². The molecule has 0 saturated carbocycles. The molecule has 1 aromatic heterocycles. The Labute approximate surface area is 73.0 Å². The van der Waals surface area contributed by atoms with Crippen LogP contribution in [0, 0.1) is 0 Å². The molecule has 1 aliphatic heterocycles. The van der Waals surface area contributed by atoms with E-state index in [1.165, 1.54) is 31.5 Å². The Bertz CT molecular complexity index is 248. The average Bonchev–Trinajstić information content (AvgIpc) is 2.63. The van der Waals surface area contributed by atoms with Gasteiger partial charge < -0.3 is 0 Å². The van der Waals surface area contributed by atoms with Crippen molar-refractivity contribution in [3.05, 3.63) is 18.0 Å². The summed E-state index contributed by atoms with van der Waals surface area (Å²) in [6.45, 7) is 3.59. The van der Waals surface area contributed by atoms with Gasteiger partial charge in [-0.1, -0.05) is 0 Å². The Hall–Kier alpha value is -0.830. The van der Waals surface area contributed by atoms with Gasteiger partial charge in [0, 0.05) is 25.4 Å². The van der Waals surface area contributed by atoms with Crippen molar-refractivity contribution in [2.45, 2.75) is 19.4 Å². The van der Waals surface area contributed by atoms with Gasteiger partial charge in [-0.05, 0) is 25.9 Å². The first-order chi connectivity index (χ1) is 5.84. The third-order valence-electron chi connectivity index (χ3n) is 2.36. The molecule has 1 fully saturated rings. The molecule has 2 rings (SSSR count). The van der Waals surface area contributed by atoms with E-state index in [4.69, 9.17) is 0 Å². The fraction of sp³-hybridized carbons (Fsp3) is 0.667. The monoisotopic (exact) mass is 165 g/mol. The highest BCUT2D eigenvalue weighted by Gasteiger charge is 2.11. The van der Waals surface area contributed by atoms with Gasteiger partial charge in [0.2, 0.25) is 0 Å². The van der Waals surface area contributed by atoms with Gasteiger partial charge in [0.1, 0.15) is 0 Å². The number of likely N-dealkylation sites (tertiary alicyclic amines) is 1. The molecule has 1 aliphatic rings. The summed E-state index contributed by atoms with van der Waals surface area (Å²) in [6, 6.07) is 0. The summed E-state index contributed by atoms with van der Waals surface area (Å²) in [7, 11) is 1.97. The molecule has 0 spiro atoms. The second-order valence-corrected chi connectivity index (χ2v) is 3.51. The molecule has 0 aromatic carbocycles. The molecule has 0 radical (unpaired) electrons. The molecule has 0 aliphatic carbocycles. The minimum atomic E-state index is 1.08. The molecule has 3 nitrogen and oxygen atoms in total. The van der Waals surface area contributed by atoms with E-state index < -0.39 is 0 Å². The second-order valence-electron chi connectivity index (χ2n) is 3.51. The highest BCUT2D eigenvalue weighted by Crippen LogP contribution is 2.11. The topological polar surface area (TPSA) is 21.1 Å². The molecule has 66 valence electrons. The first-order valence-electron chi connectivity index (χ1n) is 4.54. The standard InChI is InChI=1S/C9H15N3/c1-11-7-9(6-10-11)8-12-4-2-3-5-12/h6-7H,2-5,8H2,1H3. The molecule has 0 unspecified atom stereocenters. The van der Waals surface area contributed by atoms with Gasteiger partial charge in [0.15, 0.2) is 0 Å². The van der Waals surface area contributed by atoms with Crippen molar-refractivity contribution >= 4 is 0 Å². The molecule has 0 amide bonds. The smallest absolute Gasteiger partial charge is 0.0534 e. The van der Waals surface area contributed by atoms with Crippen LogP contribution in [0.3, 0.4) is 0 Å². The Morgan fingerprint density at radius 2 is 2.17 bits per heavy atom. The van der Waals surface area contributed by atoms with Gasteiger partial charge in [0.05, 0.1) is 6.20 Å². The van der Waals surface area contributed by atoms with E-state index in [0.717, 1.165) is 6.54 Å². The lowest BCUT2D eigenvalue weighted by Gasteiger charge is -2.11. The third-order valence-corrected chi connectivity index (χ3v) is 2.36. The maximum Gasteiger partial charge on any atom is 0.0534 e. The third kappa shape index (κ3) is 1.67. The maximum atomic E-state index is 4.15. The fourth-order valence-corrected chi connectivity index (χ4v) is 1.75. The first kappa shape index (κ1) is 7.80. The summed E-state index contributed by atoms with van der Waals surface area (Å²) in [5.74, 6) is 0. The van der Waals surface area contributed by atoms with Crippen LogP contribution in [0.25, 0.3) is 0 Å². The predicted molar refractivity (Wildman–Crippen MR) is 47.7 cm³/mol. The number of hydrogen-bond acceptors (Lipinski definition) is 2. The second kappa shape index (κ2) is 3.27. The summed E-state index contributed by atoms with van der Waals surface area (Å²) in [5, 5.41) is 4.15. The van der Waals surface area contributed by atoms with Crippen molar-refractivity contribution in [1.82, 2.24) is 14.7 Å². The van der Waals surface area contributed by atoms with E-state index in [-0.39, 0.29) is 0 Å². The van der Waals surface area contributed by atoms with E-state index in [1.54, 1.807) is 0 Å². The van der Waals surface area contributed by atoms with Crippen molar-refractivity contribution in [3.63, 3.8) is 0 Å². The van der Waals surface area contributed by atoms with Crippen LogP contribution in [0.15, 0.2) is 12.4 Å². The summed E-state index contributed by atoms with van der Waals surface area (Å²) >= 11 is 0. The summed E-state index contributed by atoms with van der Waals surface area (Å²) < 4.78 is 1.87. The Kier molecular flexibility index (Phi) is 2.13. The van der Waals surface area contributed by atoms with Crippen molar-refractivity contribution in [2.24, 2.45) is 7.05 Å². The minimum absolute atomic E-state index is 1.08. The first-order valence-corrected chi connectivity index (χ1v) is 4.54. The number of nitrogens with zero attached hydrogens (tertiary/aromatic N) is 3. The van der Waals surface area contributed by atoms with Crippen LogP contribution < -0.4 is 0 Å². The van der Waals surface area contributed by atoms with Gasteiger partial charge in [-0.3, -0.25) is 9.58 Å². The van der Waals surface area contributed by atoms with Gasteiger partial charge in [-0.2, -0.15) is 5.10 Å². The van der Waals surface area contributed by atoms with Gasteiger partial charge in [-0.15, -0.1) is 0 Å². The molecule has 0 N–H and O–H groups in total. The number of aromatic nitrogens is 2. The van der Waals surface area contributed by atoms with Gasteiger partial charge in [-0.25, -0.2) is 0 Å². The van der Waals surface area contributed by atoms with E-state index in [1.807, 2.05) is 17.9 Å². The van der Waals surface area contributed by atoms with E-state index in [9.17, 15) is 0 Å². The zero-order valence-electron chi connectivity index (χ0n) is 7.53. The lowest BCUT2D eigenvalue weighted by atomic mass is 10.3. The fourth-order valence-electron chi connectivity index (χ4n) is 1.75. The molecule has 12 heavy (non-hydrogen) atoms. The van der Waals surface area contributed by atoms with Gasteiger partial charge >= 0.3 is 0 Å². The zero-order valence-corrected chi connectivity index (χ0v) is 7.53. The number of rotatable bonds is 2. The molecule has 3 heteroatoms. The summed E-state index contributed by atoms with van der Waals surface area (Å²) in [6.07, 6.45) is 6.77. The van der Waals surface area contributed by atoms with Gasteiger partial charge in [0.25, 0.3) is 0 Å². The molecule has 0 bridgehead atoms. The molecular weight excluding hydrogens is 150 g/mol. The molecule has 1 aromatic rings. The number of aryl methyl sites for hydroxylation is 1. The highest BCUT2D eigenvalue weighted by molar-refractivity contribution is 5.03. The minimum Gasteiger partial charge on any atom is -0.299 e. The van der Waals surface area contributed by atoms with Crippen molar-refractivity contribution in [1.29, 1.82) is 0 Å². The van der Waals surface area contributed by atoms with Crippen LogP contribution in [0.2, 0.25) is 0 Å². The predicted octanol–water partition coefficient (Wildman–Crippen LogP) is 1.02. The summed E-state index contributed by atoms with van der Waals surface area (Å²) in [4.78, 5) is 2.48. The SMILES string of the molecule is Cn1cc(CN2CCCC2)cn1. The quantitative estimate of drug-likeness (QED) is 0.652. The van der Waals surface area contributed by atoms with Crippen molar-refractivity contribution < 1.29 is 0 Å². The van der Waals surface area contributed by atoms with Crippen LogP contribution in [-0.2, 0) is 13.6 Å². The van der Waals surface area contributed by atoms with E-state index >= 15 is 0 Å². The van der Waals surface area contributed by atoms with Crippen molar-refractivity contribution in [3.8, 4) is 0 Å². The van der Waals surface area contributed by atoms with E-state index in [2.05, 4.69) is 16.2 Å². The molecule has 1 saturated heterocycles. The molecule has 2 heterocycles. The number of hydrogen-bond donors (Lipinski definition) is 0. The Morgan fingerprint density at radius 1 is 1.42 bits per heavy atom. The molecular formula is C9H15N3. The lowest BCUT2D eigenvalue weighted by molar-refractivity contribution is 0.331. The Balaban J connectivity index is 1.94. The summed E-state index contributed by atoms with van der Waals surface area (Å²) in [5.41, 5.74) is 1.33. The lowest BCUT2D eigenvalue weighted by Crippen LogP contribution is -2.17. The van der Waals surface area contributed by atoms with Crippen LogP contribution in [0.4, 0.5) is 0 Å². The van der Waals surface area contributed by atoms with Crippen molar-refractivity contribution in [2.75, 3.05) is 13.1 Å².